The van der Waals surface area contributed by atoms with Crippen LogP contribution in [0.5, 0.6) is 0 Å². The second-order valence-corrected chi connectivity index (χ2v) is 15.8. The lowest BCUT2D eigenvalue weighted by Crippen LogP contribution is -2.54. The predicted molar refractivity (Wildman–Crippen MR) is 160 cm³/mol. The normalized spacial score (nSPS) is 29.4. The van der Waals surface area contributed by atoms with E-state index in [0.29, 0.717) is 10.6 Å². The molecule has 2 fully saturated rings. The number of sulfonamides is 1. The first-order valence-electron chi connectivity index (χ1n) is 14.0. The van der Waals surface area contributed by atoms with Gasteiger partial charge >= 0.3 is 0 Å². The number of nitrogens with one attached hydrogen (secondary N) is 1. The van der Waals surface area contributed by atoms with Gasteiger partial charge in [-0.2, -0.15) is 11.8 Å². The number of nitrogens with zero attached hydrogens (tertiary/aromatic N) is 3. The minimum absolute atomic E-state index is 0.0558. The molecule has 1 amide bonds. The zero-order valence-electron chi connectivity index (χ0n) is 23.0. The topological polar surface area (TPSA) is 112 Å². The maximum Gasteiger partial charge on any atom is 0.265 e. The van der Waals surface area contributed by atoms with Crippen LogP contribution in [0.25, 0.3) is 10.9 Å². The number of hydrogen-bond acceptors (Lipinski definition) is 8. The highest BCUT2D eigenvalue weighted by molar-refractivity contribution is 7.99. The molecule has 0 bridgehead atoms. The van der Waals surface area contributed by atoms with Crippen molar-refractivity contribution in [3.63, 3.8) is 0 Å². The Bertz CT molecular complexity index is 1530. The van der Waals surface area contributed by atoms with E-state index in [9.17, 15) is 18.3 Å². The molecule has 1 saturated heterocycles. The van der Waals surface area contributed by atoms with Gasteiger partial charge in [-0.15, -0.1) is 11.3 Å². The van der Waals surface area contributed by atoms with Crippen LogP contribution in [0.2, 0.25) is 0 Å². The van der Waals surface area contributed by atoms with Crippen LogP contribution in [0.3, 0.4) is 0 Å². The maximum absolute atomic E-state index is 13.4. The van der Waals surface area contributed by atoms with Crippen LogP contribution in [0.1, 0.15) is 50.1 Å². The number of anilines is 1. The van der Waals surface area contributed by atoms with Crippen LogP contribution < -0.4 is 4.72 Å². The molecule has 2 N–H and O–H groups in total. The van der Waals surface area contributed by atoms with Crippen LogP contribution in [-0.4, -0.2) is 65.0 Å². The Morgan fingerprint density at radius 2 is 1.98 bits per heavy atom. The highest BCUT2D eigenvalue weighted by atomic mass is 32.2. The molecule has 11 heteroatoms. The Kier molecular flexibility index (Phi) is 7.38. The third-order valence-electron chi connectivity index (χ3n) is 9.38. The van der Waals surface area contributed by atoms with Crippen molar-refractivity contribution in [1.29, 1.82) is 0 Å². The van der Waals surface area contributed by atoms with E-state index in [0.717, 1.165) is 59.8 Å². The molecule has 1 aromatic carbocycles. The third-order valence-corrected chi connectivity index (χ3v) is 12.8. The fourth-order valence-corrected chi connectivity index (χ4v) is 10.9. The molecule has 1 saturated carbocycles. The van der Waals surface area contributed by atoms with Crippen molar-refractivity contribution in [2.45, 2.75) is 57.0 Å². The first-order valence-corrected chi connectivity index (χ1v) is 17.5. The zero-order valence-corrected chi connectivity index (χ0v) is 25.5. The minimum Gasteiger partial charge on any atom is -0.392 e. The molecule has 2 aliphatic carbocycles. The summed E-state index contributed by atoms with van der Waals surface area (Å²) in [7, 11) is -3.91. The fourth-order valence-electron chi connectivity index (χ4n) is 7.31. The number of aliphatic hydroxyl groups excluding tert-OH is 1. The van der Waals surface area contributed by atoms with E-state index in [4.69, 9.17) is 4.98 Å². The van der Waals surface area contributed by atoms with Crippen LogP contribution in [-0.2, 0) is 21.2 Å². The van der Waals surface area contributed by atoms with Gasteiger partial charge in [0.25, 0.3) is 10.0 Å². The van der Waals surface area contributed by atoms with Gasteiger partial charge in [0.2, 0.25) is 5.91 Å². The highest BCUT2D eigenvalue weighted by Gasteiger charge is 2.54. The van der Waals surface area contributed by atoms with E-state index in [1.165, 1.54) is 11.3 Å². The molecule has 1 aliphatic heterocycles. The number of aromatic nitrogens is 2. The van der Waals surface area contributed by atoms with Gasteiger partial charge in [-0.1, -0.05) is 39.0 Å². The number of para-hydroxylation sites is 1. The molecule has 6 atom stereocenters. The number of fused-ring (bicyclic) bond motifs is 3. The number of carbonyl (C=O) groups is 1. The van der Waals surface area contributed by atoms with Gasteiger partial charge in [0, 0.05) is 52.9 Å². The number of pyridine rings is 1. The van der Waals surface area contributed by atoms with Gasteiger partial charge in [0.15, 0.2) is 5.13 Å². The summed E-state index contributed by atoms with van der Waals surface area (Å²) >= 11 is 3.27. The highest BCUT2D eigenvalue weighted by Crippen LogP contribution is 2.57. The van der Waals surface area contributed by atoms with E-state index in [1.807, 2.05) is 35.7 Å². The van der Waals surface area contributed by atoms with E-state index >= 15 is 0 Å². The lowest BCUT2D eigenvalue weighted by molar-refractivity contribution is -0.144. The van der Waals surface area contributed by atoms with Crippen LogP contribution >= 0.6 is 23.1 Å². The average Bonchev–Trinajstić information content (AvgIpc) is 3.33. The molecule has 0 spiro atoms. The van der Waals surface area contributed by atoms with E-state index in [2.05, 4.69) is 23.6 Å². The summed E-state index contributed by atoms with van der Waals surface area (Å²) in [6.07, 6.45) is 3.42. The van der Waals surface area contributed by atoms with Crippen LogP contribution in [0, 0.1) is 23.2 Å². The second kappa shape index (κ2) is 10.6. The van der Waals surface area contributed by atoms with Crippen LogP contribution in [0.4, 0.5) is 5.13 Å². The molecule has 6 unspecified atom stereocenters. The number of hydrogen-bond donors (Lipinski definition) is 2. The van der Waals surface area contributed by atoms with E-state index in [1.54, 1.807) is 24.4 Å². The van der Waals surface area contributed by atoms with Gasteiger partial charge in [-0.05, 0) is 48.6 Å². The summed E-state index contributed by atoms with van der Waals surface area (Å²) in [6, 6.07) is 8.74. The quantitative estimate of drug-likeness (QED) is 0.434. The molecule has 214 valence electrons. The molecule has 8 nitrogen and oxygen atoms in total. The summed E-state index contributed by atoms with van der Waals surface area (Å²) in [6.45, 7) is 7.87. The maximum atomic E-state index is 13.4. The number of thiazole rings is 1. The Hall–Kier alpha value is -2.21. The lowest BCUT2D eigenvalue weighted by Gasteiger charge is -2.53. The van der Waals surface area contributed by atoms with Crippen LogP contribution in [0.15, 0.2) is 41.4 Å². The van der Waals surface area contributed by atoms with Crippen molar-refractivity contribution in [3.8, 4) is 0 Å². The summed E-state index contributed by atoms with van der Waals surface area (Å²) in [5.41, 5.74) is 1.13. The number of carbonyl (C=O) groups excluding carboxylic acids is 1. The van der Waals surface area contributed by atoms with Gasteiger partial charge in [-0.25, -0.2) is 13.4 Å². The SMILES string of the molecule is CC(C(=O)N1CCSCC1)C1CCC2(C)Cc3sc(NS(=O)(=O)c4cccc5cccnc45)nc3C(C)C2C1O. The van der Waals surface area contributed by atoms with Crippen molar-refractivity contribution in [3.05, 3.63) is 47.1 Å². The predicted octanol–water partition coefficient (Wildman–Crippen LogP) is 4.76. The van der Waals surface area contributed by atoms with Crippen molar-refractivity contribution in [1.82, 2.24) is 14.9 Å². The summed E-state index contributed by atoms with van der Waals surface area (Å²) in [5, 5.41) is 12.9. The van der Waals surface area contributed by atoms with E-state index in [-0.39, 0.29) is 39.9 Å². The summed E-state index contributed by atoms with van der Waals surface area (Å²) in [5.74, 6) is 1.65. The van der Waals surface area contributed by atoms with Crippen molar-refractivity contribution in [2.24, 2.45) is 23.2 Å². The second-order valence-electron chi connectivity index (χ2n) is 11.8. The number of thioether (sulfide) groups is 1. The summed E-state index contributed by atoms with van der Waals surface area (Å²) < 4.78 is 29.6. The standard InChI is InChI=1S/C29H36N4O4S3/c1-17(27(35)33-12-14-38-15-13-33)20-9-10-29(3)16-21-24(18(2)23(29)26(20)34)31-28(39-21)32-40(36,37)22-8-4-6-19-7-5-11-30-25(19)22/h4-8,11,17-18,20,23,26,34H,9-10,12-16H2,1-3H3,(H,31,32). The van der Waals surface area contributed by atoms with Crippen molar-refractivity contribution >= 4 is 55.1 Å². The van der Waals surface area contributed by atoms with Gasteiger partial charge in [0.1, 0.15) is 4.90 Å². The Morgan fingerprint density at radius 1 is 1.23 bits per heavy atom. The molecule has 0 radical (unpaired) electrons. The van der Waals surface area contributed by atoms with Crippen molar-refractivity contribution < 1.29 is 18.3 Å². The molecule has 6 rings (SSSR count). The van der Waals surface area contributed by atoms with Gasteiger partial charge < -0.3 is 10.0 Å². The minimum atomic E-state index is -3.91. The largest absolute Gasteiger partial charge is 0.392 e. The molecular weight excluding hydrogens is 565 g/mol. The molecule has 3 aliphatic rings. The number of benzene rings is 1. The summed E-state index contributed by atoms with van der Waals surface area (Å²) in [4.78, 5) is 25.6. The Balaban J connectivity index is 1.25. The zero-order chi connectivity index (χ0) is 28.2. The van der Waals surface area contributed by atoms with Crippen molar-refractivity contribution in [2.75, 3.05) is 29.3 Å². The van der Waals surface area contributed by atoms with Gasteiger partial charge in [0.05, 0.1) is 17.3 Å². The first-order chi connectivity index (χ1) is 19.1. The van der Waals surface area contributed by atoms with Gasteiger partial charge in [-0.3, -0.25) is 14.5 Å². The molecule has 3 heterocycles. The average molecular weight is 601 g/mol. The van der Waals surface area contributed by atoms with E-state index < -0.39 is 16.1 Å². The number of rotatable bonds is 5. The monoisotopic (exact) mass is 600 g/mol. The Labute approximate surface area is 244 Å². The Morgan fingerprint density at radius 3 is 2.75 bits per heavy atom. The first kappa shape index (κ1) is 27.9. The molecular formula is C29H36N4O4S3. The fraction of sp³-hybridized carbons (Fsp3) is 0.552. The molecule has 3 aromatic rings. The lowest BCUT2D eigenvalue weighted by atomic mass is 9.53. The number of aliphatic hydroxyl groups is 1. The molecule has 2 aromatic heterocycles. The number of amides is 1. The molecule has 40 heavy (non-hydrogen) atoms. The third kappa shape index (κ3) is 4.82. The smallest absolute Gasteiger partial charge is 0.265 e.